The van der Waals surface area contributed by atoms with Crippen LogP contribution in [0.25, 0.3) is 16.6 Å². The minimum absolute atomic E-state index is 0.0135. The molecule has 0 bridgehead atoms. The van der Waals surface area contributed by atoms with Gasteiger partial charge in [0.15, 0.2) is 17.3 Å². The van der Waals surface area contributed by atoms with Crippen LogP contribution in [0.1, 0.15) is 23.0 Å². The van der Waals surface area contributed by atoms with Crippen molar-refractivity contribution in [2.45, 2.75) is 20.0 Å². The van der Waals surface area contributed by atoms with Gasteiger partial charge in [0.1, 0.15) is 0 Å². The molecule has 3 aromatic rings. The van der Waals surface area contributed by atoms with Crippen molar-refractivity contribution in [2.75, 3.05) is 45.4 Å². The van der Waals surface area contributed by atoms with Gasteiger partial charge in [-0.15, -0.1) is 0 Å². The lowest BCUT2D eigenvalue weighted by molar-refractivity contribution is 0.0135. The van der Waals surface area contributed by atoms with Gasteiger partial charge in [0.25, 0.3) is 0 Å². The number of fused-ring (bicyclic) bond motifs is 1. The lowest BCUT2D eigenvalue weighted by Gasteiger charge is -2.40. The Bertz CT molecular complexity index is 1100. The van der Waals surface area contributed by atoms with Gasteiger partial charge >= 0.3 is 0 Å². The predicted molar refractivity (Wildman–Crippen MR) is 120 cm³/mol. The summed E-state index contributed by atoms with van der Waals surface area (Å²) in [6, 6.07) is 12.1. The SMILES string of the molecule is COc1cc2c(C(C)=O)c(C)n(-c3ccc(N4CC(OCCO)C4)cc3)c2cc1OC. The first-order chi connectivity index (χ1) is 15.0. The first-order valence-electron chi connectivity index (χ1n) is 10.3. The summed E-state index contributed by atoms with van der Waals surface area (Å²) in [5.41, 5.74) is 4.56. The van der Waals surface area contributed by atoms with Crippen LogP contribution in [0.15, 0.2) is 36.4 Å². The fourth-order valence-corrected chi connectivity index (χ4v) is 4.30. The molecule has 0 saturated carbocycles. The van der Waals surface area contributed by atoms with Crippen LogP contribution in [0.3, 0.4) is 0 Å². The maximum absolute atomic E-state index is 12.5. The number of ketones is 1. The number of carbonyl (C=O) groups excluding carboxylic acids is 1. The zero-order valence-corrected chi connectivity index (χ0v) is 18.3. The predicted octanol–water partition coefficient (Wildman–Crippen LogP) is 3.36. The van der Waals surface area contributed by atoms with Crippen LogP contribution in [-0.4, -0.2) is 62.1 Å². The van der Waals surface area contributed by atoms with E-state index < -0.39 is 0 Å². The minimum Gasteiger partial charge on any atom is -0.493 e. The number of carbonyl (C=O) groups is 1. The van der Waals surface area contributed by atoms with Crippen LogP contribution >= 0.6 is 0 Å². The molecular weight excluding hydrogens is 396 g/mol. The molecule has 1 aliphatic heterocycles. The van der Waals surface area contributed by atoms with Crippen molar-refractivity contribution in [3.05, 3.63) is 47.7 Å². The molecule has 0 atom stereocenters. The largest absolute Gasteiger partial charge is 0.493 e. The normalized spacial score (nSPS) is 14.0. The molecule has 0 spiro atoms. The molecular formula is C24H28N2O5. The summed E-state index contributed by atoms with van der Waals surface area (Å²) in [5, 5.41) is 9.72. The molecule has 7 nitrogen and oxygen atoms in total. The molecule has 2 heterocycles. The number of rotatable bonds is 8. The van der Waals surface area contributed by atoms with Gasteiger partial charge in [-0.25, -0.2) is 0 Å². The highest BCUT2D eigenvalue weighted by Gasteiger charge is 2.27. The van der Waals surface area contributed by atoms with Gasteiger partial charge < -0.3 is 28.8 Å². The standard InChI is InChI=1S/C24H28N2O5/c1-15-24(16(2)28)20-11-22(29-3)23(30-4)12-21(20)26(15)18-7-5-17(6-8-18)25-13-19(14-25)31-10-9-27/h5-8,11-12,19,27H,9-10,13-14H2,1-4H3. The third-order valence-electron chi connectivity index (χ3n) is 5.83. The zero-order valence-electron chi connectivity index (χ0n) is 18.3. The summed E-state index contributed by atoms with van der Waals surface area (Å²) >= 11 is 0. The number of aliphatic hydroxyl groups is 1. The van der Waals surface area contributed by atoms with Gasteiger partial charge in [-0.2, -0.15) is 0 Å². The number of Topliss-reactive ketones (excluding diaryl/α,β-unsaturated/α-hetero) is 1. The van der Waals surface area contributed by atoms with Crippen LogP contribution in [-0.2, 0) is 4.74 Å². The molecule has 1 N–H and O–H groups in total. The Labute approximate surface area is 181 Å². The lowest BCUT2D eigenvalue weighted by Crippen LogP contribution is -2.52. The fraction of sp³-hybridized carbons (Fsp3) is 0.375. The van der Waals surface area contributed by atoms with E-state index in [4.69, 9.17) is 19.3 Å². The van der Waals surface area contributed by atoms with Crippen molar-refractivity contribution in [1.82, 2.24) is 4.57 Å². The number of ether oxygens (including phenoxy) is 3. The second-order valence-electron chi connectivity index (χ2n) is 7.71. The molecule has 4 rings (SSSR count). The van der Waals surface area contributed by atoms with Crippen molar-refractivity contribution >= 4 is 22.4 Å². The molecule has 0 amide bonds. The second kappa shape index (κ2) is 8.61. The summed E-state index contributed by atoms with van der Waals surface area (Å²) < 4.78 is 18.6. The second-order valence-corrected chi connectivity index (χ2v) is 7.71. The summed E-state index contributed by atoms with van der Waals surface area (Å²) in [6.45, 7) is 5.61. The number of benzene rings is 2. The number of methoxy groups -OCH3 is 2. The van der Waals surface area contributed by atoms with E-state index in [1.807, 2.05) is 19.1 Å². The van der Waals surface area contributed by atoms with E-state index in [2.05, 4.69) is 33.7 Å². The Morgan fingerprint density at radius 1 is 1.06 bits per heavy atom. The molecule has 0 aliphatic carbocycles. The van der Waals surface area contributed by atoms with Crippen LogP contribution in [0.2, 0.25) is 0 Å². The summed E-state index contributed by atoms with van der Waals surface area (Å²) in [4.78, 5) is 14.7. The molecule has 7 heteroatoms. The van der Waals surface area contributed by atoms with E-state index >= 15 is 0 Å². The van der Waals surface area contributed by atoms with Crippen molar-refractivity contribution in [3.8, 4) is 17.2 Å². The first kappa shape index (κ1) is 21.2. The number of hydrogen-bond acceptors (Lipinski definition) is 6. The number of nitrogens with zero attached hydrogens (tertiary/aromatic N) is 2. The van der Waals surface area contributed by atoms with E-state index in [0.29, 0.717) is 23.7 Å². The number of hydrogen-bond donors (Lipinski definition) is 1. The molecule has 1 saturated heterocycles. The highest BCUT2D eigenvalue weighted by Crippen LogP contribution is 2.38. The van der Waals surface area contributed by atoms with E-state index in [1.165, 1.54) is 0 Å². The quantitative estimate of drug-likeness (QED) is 0.559. The third-order valence-corrected chi connectivity index (χ3v) is 5.83. The van der Waals surface area contributed by atoms with Crippen molar-refractivity contribution in [3.63, 3.8) is 0 Å². The average Bonchev–Trinajstić information content (AvgIpc) is 3.02. The summed E-state index contributed by atoms with van der Waals surface area (Å²) in [7, 11) is 3.20. The number of aromatic nitrogens is 1. The molecule has 0 unspecified atom stereocenters. The fourth-order valence-electron chi connectivity index (χ4n) is 4.30. The van der Waals surface area contributed by atoms with Crippen LogP contribution < -0.4 is 14.4 Å². The van der Waals surface area contributed by atoms with E-state index in [0.717, 1.165) is 41.1 Å². The smallest absolute Gasteiger partial charge is 0.162 e. The van der Waals surface area contributed by atoms with Gasteiger partial charge in [-0.1, -0.05) is 0 Å². The Balaban J connectivity index is 1.71. The minimum atomic E-state index is 0.0135. The third kappa shape index (κ3) is 3.75. The molecule has 31 heavy (non-hydrogen) atoms. The molecule has 1 aliphatic rings. The number of anilines is 1. The van der Waals surface area contributed by atoms with Crippen LogP contribution in [0.4, 0.5) is 5.69 Å². The zero-order chi connectivity index (χ0) is 22.1. The van der Waals surface area contributed by atoms with Crippen LogP contribution in [0, 0.1) is 6.92 Å². The van der Waals surface area contributed by atoms with Crippen LogP contribution in [0.5, 0.6) is 11.5 Å². The topological polar surface area (TPSA) is 73.2 Å². The van der Waals surface area contributed by atoms with Gasteiger partial charge in [-0.3, -0.25) is 4.79 Å². The average molecular weight is 424 g/mol. The summed E-state index contributed by atoms with van der Waals surface area (Å²) in [5.74, 6) is 1.23. The molecule has 164 valence electrons. The maximum atomic E-state index is 12.5. The van der Waals surface area contributed by atoms with Gasteiger partial charge in [-0.05, 0) is 44.2 Å². The Hall–Kier alpha value is -3.03. The monoisotopic (exact) mass is 424 g/mol. The van der Waals surface area contributed by atoms with Crippen molar-refractivity contribution in [1.29, 1.82) is 0 Å². The van der Waals surface area contributed by atoms with Gasteiger partial charge in [0.05, 0.1) is 39.1 Å². The Morgan fingerprint density at radius 2 is 1.68 bits per heavy atom. The molecule has 1 aromatic heterocycles. The van der Waals surface area contributed by atoms with Gasteiger partial charge in [0.2, 0.25) is 0 Å². The Kier molecular flexibility index (Phi) is 5.89. The maximum Gasteiger partial charge on any atom is 0.162 e. The van der Waals surface area contributed by atoms with Gasteiger partial charge in [0, 0.05) is 47.2 Å². The van der Waals surface area contributed by atoms with Crippen molar-refractivity contribution < 1.29 is 24.1 Å². The summed E-state index contributed by atoms with van der Waals surface area (Å²) in [6.07, 6.45) is 0.169. The number of aliphatic hydroxyl groups excluding tert-OH is 1. The highest BCUT2D eigenvalue weighted by atomic mass is 16.5. The highest BCUT2D eigenvalue weighted by molar-refractivity contribution is 6.09. The van der Waals surface area contributed by atoms with Crippen molar-refractivity contribution in [2.24, 2.45) is 0 Å². The molecule has 1 fully saturated rings. The first-order valence-corrected chi connectivity index (χ1v) is 10.3. The lowest BCUT2D eigenvalue weighted by atomic mass is 10.1. The van der Waals surface area contributed by atoms with E-state index in [-0.39, 0.29) is 18.5 Å². The van der Waals surface area contributed by atoms with E-state index in [9.17, 15) is 4.79 Å². The molecule has 0 radical (unpaired) electrons. The molecule has 2 aromatic carbocycles. The van der Waals surface area contributed by atoms with E-state index in [1.54, 1.807) is 21.1 Å². The Morgan fingerprint density at radius 3 is 2.26 bits per heavy atom.